The van der Waals surface area contributed by atoms with E-state index in [4.69, 9.17) is 0 Å². The molecule has 0 radical (unpaired) electrons. The molecule has 2 aromatic rings. The molecule has 0 bridgehead atoms. The van der Waals surface area contributed by atoms with Crippen LogP contribution in [0.2, 0.25) is 0 Å². The fourth-order valence-corrected chi connectivity index (χ4v) is 3.50. The summed E-state index contributed by atoms with van der Waals surface area (Å²) in [5.74, 6) is 2.43. The van der Waals surface area contributed by atoms with E-state index in [1.165, 1.54) is 5.56 Å². The first-order valence-electron chi connectivity index (χ1n) is 10.0. The first-order valence-corrected chi connectivity index (χ1v) is 10.0. The monoisotopic (exact) mass is 384 g/mol. The maximum atomic E-state index is 9.88. The summed E-state index contributed by atoms with van der Waals surface area (Å²) in [5, 5.41) is 13.4. The van der Waals surface area contributed by atoms with Crippen molar-refractivity contribution in [1.82, 2.24) is 19.9 Å². The zero-order valence-electron chi connectivity index (χ0n) is 17.3. The molecule has 1 aromatic heterocycles. The summed E-state index contributed by atoms with van der Waals surface area (Å²) in [5.41, 5.74) is 1.31. The van der Waals surface area contributed by atoms with Crippen LogP contribution in [0, 0.1) is 5.92 Å². The number of nitrogens with zero attached hydrogens (tertiary/aromatic N) is 5. The number of aromatic nitrogens is 3. The van der Waals surface area contributed by atoms with Crippen molar-refractivity contribution in [3.8, 4) is 0 Å². The van der Waals surface area contributed by atoms with Crippen LogP contribution in [0.25, 0.3) is 0 Å². The normalized spacial score (nSPS) is 20.4. The molecule has 0 spiro atoms. The number of hydrogen-bond acceptors (Lipinski definition) is 7. The smallest absolute Gasteiger partial charge is 0.229 e. The molecule has 7 heteroatoms. The molecule has 0 amide bonds. The second kappa shape index (κ2) is 9.30. The topological polar surface area (TPSA) is 77.4 Å². The number of piperidine rings is 1. The molecule has 0 aliphatic carbocycles. The minimum atomic E-state index is 0.0971. The van der Waals surface area contributed by atoms with E-state index in [1.54, 1.807) is 0 Å². The van der Waals surface area contributed by atoms with Crippen LogP contribution in [0.15, 0.2) is 30.3 Å². The number of aliphatic hydroxyl groups excluding tert-OH is 1. The fourth-order valence-electron chi connectivity index (χ4n) is 3.50. The van der Waals surface area contributed by atoms with E-state index in [9.17, 15) is 5.11 Å². The summed E-state index contributed by atoms with van der Waals surface area (Å²) >= 11 is 0. The molecule has 1 saturated heterocycles. The van der Waals surface area contributed by atoms with Crippen molar-refractivity contribution in [2.24, 2.45) is 5.92 Å². The average molecular weight is 385 g/mol. The Hall–Kier alpha value is -2.25. The van der Waals surface area contributed by atoms with Gasteiger partial charge >= 0.3 is 0 Å². The summed E-state index contributed by atoms with van der Waals surface area (Å²) in [6.07, 6.45) is 0.948. The van der Waals surface area contributed by atoms with Gasteiger partial charge in [-0.2, -0.15) is 15.0 Å². The first kappa shape index (κ1) is 20.5. The lowest BCUT2D eigenvalue weighted by Gasteiger charge is -2.38. The van der Waals surface area contributed by atoms with Crippen molar-refractivity contribution in [2.75, 3.05) is 44.0 Å². The van der Waals surface area contributed by atoms with Gasteiger partial charge in [0.05, 0.1) is 0 Å². The zero-order chi connectivity index (χ0) is 20.1. The molecule has 1 aromatic carbocycles. The van der Waals surface area contributed by atoms with E-state index in [0.717, 1.165) is 31.9 Å². The average Bonchev–Trinajstić information content (AvgIpc) is 2.68. The Bertz CT molecular complexity index is 726. The van der Waals surface area contributed by atoms with Crippen LogP contribution < -0.4 is 10.2 Å². The van der Waals surface area contributed by atoms with E-state index in [0.29, 0.717) is 11.9 Å². The number of benzene rings is 1. The Labute approximate surface area is 167 Å². The predicted octanol–water partition coefficient (Wildman–Crippen LogP) is 2.36. The van der Waals surface area contributed by atoms with Gasteiger partial charge in [-0.1, -0.05) is 44.2 Å². The Morgan fingerprint density at radius 3 is 2.57 bits per heavy atom. The summed E-state index contributed by atoms with van der Waals surface area (Å²) in [6.45, 7) is 7.07. The van der Waals surface area contributed by atoms with Gasteiger partial charge in [0.2, 0.25) is 11.9 Å². The van der Waals surface area contributed by atoms with Gasteiger partial charge in [0.15, 0.2) is 0 Å². The largest absolute Gasteiger partial charge is 0.396 e. The Kier molecular flexibility index (Phi) is 6.80. The van der Waals surface area contributed by atoms with Crippen LogP contribution in [0.3, 0.4) is 0 Å². The molecule has 1 fully saturated rings. The molecule has 2 heterocycles. The zero-order valence-corrected chi connectivity index (χ0v) is 17.3. The number of rotatable bonds is 7. The van der Waals surface area contributed by atoms with Crippen LogP contribution >= 0.6 is 0 Å². The quantitative estimate of drug-likeness (QED) is 0.759. The third kappa shape index (κ3) is 5.17. The van der Waals surface area contributed by atoms with Crippen molar-refractivity contribution in [3.05, 3.63) is 41.7 Å². The highest BCUT2D eigenvalue weighted by atomic mass is 16.3. The minimum absolute atomic E-state index is 0.0971. The highest BCUT2D eigenvalue weighted by molar-refractivity contribution is 5.37. The van der Waals surface area contributed by atoms with Gasteiger partial charge in [0, 0.05) is 51.7 Å². The van der Waals surface area contributed by atoms with Gasteiger partial charge in [-0.3, -0.25) is 4.90 Å². The van der Waals surface area contributed by atoms with Crippen molar-refractivity contribution < 1.29 is 5.11 Å². The lowest BCUT2D eigenvalue weighted by atomic mass is 9.92. The molecule has 2 N–H and O–H groups in total. The maximum Gasteiger partial charge on any atom is 0.229 e. The van der Waals surface area contributed by atoms with Gasteiger partial charge in [-0.05, 0) is 18.5 Å². The first-order chi connectivity index (χ1) is 13.5. The van der Waals surface area contributed by atoms with Gasteiger partial charge in [-0.15, -0.1) is 0 Å². The SMILES string of the molecule is CC(C)c1nc(NC2CN(Cc3ccccc3)CCC2CO)nc(N(C)C)n1. The van der Waals surface area contributed by atoms with E-state index in [2.05, 4.69) is 63.3 Å². The molecule has 152 valence electrons. The molecule has 3 rings (SSSR count). The van der Waals surface area contributed by atoms with E-state index >= 15 is 0 Å². The number of nitrogens with one attached hydrogen (secondary N) is 1. The van der Waals surface area contributed by atoms with Crippen LogP contribution in [0.5, 0.6) is 0 Å². The van der Waals surface area contributed by atoms with Crippen molar-refractivity contribution in [1.29, 1.82) is 0 Å². The third-order valence-electron chi connectivity index (χ3n) is 5.20. The molecule has 7 nitrogen and oxygen atoms in total. The summed E-state index contributed by atoms with van der Waals surface area (Å²) in [7, 11) is 3.86. The van der Waals surface area contributed by atoms with E-state index in [1.807, 2.05) is 25.1 Å². The molecular weight excluding hydrogens is 352 g/mol. The van der Waals surface area contributed by atoms with Crippen LogP contribution in [0.1, 0.15) is 37.6 Å². The minimum Gasteiger partial charge on any atom is -0.396 e. The highest BCUT2D eigenvalue weighted by Crippen LogP contribution is 2.23. The molecule has 1 aliphatic rings. The Balaban J connectivity index is 1.76. The van der Waals surface area contributed by atoms with Crippen molar-refractivity contribution in [2.45, 2.75) is 38.8 Å². The van der Waals surface area contributed by atoms with Crippen LogP contribution in [0.4, 0.5) is 11.9 Å². The summed E-state index contributed by atoms with van der Waals surface area (Å²) < 4.78 is 0. The molecular formula is C21H32N6O. The predicted molar refractivity (Wildman–Crippen MR) is 113 cm³/mol. The second-order valence-corrected chi connectivity index (χ2v) is 8.07. The second-order valence-electron chi connectivity index (χ2n) is 8.07. The lowest BCUT2D eigenvalue weighted by molar-refractivity contribution is 0.114. The number of hydrogen-bond donors (Lipinski definition) is 2. The summed E-state index contributed by atoms with van der Waals surface area (Å²) in [4.78, 5) is 18.1. The van der Waals surface area contributed by atoms with E-state index < -0.39 is 0 Å². The molecule has 28 heavy (non-hydrogen) atoms. The Morgan fingerprint density at radius 1 is 1.18 bits per heavy atom. The Morgan fingerprint density at radius 2 is 1.93 bits per heavy atom. The lowest BCUT2D eigenvalue weighted by Crippen LogP contribution is -2.48. The van der Waals surface area contributed by atoms with Gasteiger partial charge in [0.1, 0.15) is 5.82 Å². The number of likely N-dealkylation sites (tertiary alicyclic amines) is 1. The number of anilines is 2. The fraction of sp³-hybridized carbons (Fsp3) is 0.571. The van der Waals surface area contributed by atoms with Crippen molar-refractivity contribution >= 4 is 11.9 Å². The number of aliphatic hydroxyl groups is 1. The molecule has 0 saturated carbocycles. The van der Waals surface area contributed by atoms with Gasteiger partial charge < -0.3 is 15.3 Å². The maximum absolute atomic E-state index is 9.88. The highest BCUT2D eigenvalue weighted by Gasteiger charge is 2.29. The van der Waals surface area contributed by atoms with Crippen LogP contribution in [-0.4, -0.2) is 64.8 Å². The molecule has 1 aliphatic heterocycles. The van der Waals surface area contributed by atoms with Crippen LogP contribution in [-0.2, 0) is 6.54 Å². The third-order valence-corrected chi connectivity index (χ3v) is 5.20. The van der Waals surface area contributed by atoms with Gasteiger partial charge in [-0.25, -0.2) is 0 Å². The standard InChI is InChI=1S/C21H32N6O/c1-15(2)19-23-20(25-21(24-19)26(3)4)22-18-13-27(11-10-17(18)14-28)12-16-8-6-5-7-9-16/h5-9,15,17-18,28H,10-14H2,1-4H3,(H,22,23,24,25). The van der Waals surface area contributed by atoms with Gasteiger partial charge in [0.25, 0.3) is 0 Å². The summed E-state index contributed by atoms with van der Waals surface area (Å²) in [6, 6.07) is 10.6. The van der Waals surface area contributed by atoms with E-state index in [-0.39, 0.29) is 24.5 Å². The van der Waals surface area contributed by atoms with Crippen molar-refractivity contribution in [3.63, 3.8) is 0 Å². The molecule has 2 unspecified atom stereocenters. The molecule has 2 atom stereocenters.